The Morgan fingerprint density at radius 1 is 1.44 bits per heavy atom. The van der Waals surface area contributed by atoms with Gasteiger partial charge in [-0.15, -0.1) is 0 Å². The van der Waals surface area contributed by atoms with E-state index in [2.05, 4.69) is 26.6 Å². The van der Waals surface area contributed by atoms with Gasteiger partial charge in [-0.2, -0.15) is 0 Å². The van der Waals surface area contributed by atoms with Gasteiger partial charge in [-0.25, -0.2) is 4.79 Å². The van der Waals surface area contributed by atoms with E-state index in [1.165, 1.54) is 0 Å². The molecular weight excluding hydrogens is 296 g/mol. The Balaban J connectivity index is 2.33. The van der Waals surface area contributed by atoms with Gasteiger partial charge in [-0.3, -0.25) is 0 Å². The van der Waals surface area contributed by atoms with Crippen LogP contribution in [-0.2, 0) is 6.54 Å². The second kappa shape index (κ2) is 7.38. The molecule has 1 unspecified atom stereocenters. The van der Waals surface area contributed by atoms with Crippen molar-refractivity contribution in [1.29, 1.82) is 0 Å². The van der Waals surface area contributed by atoms with Crippen LogP contribution in [0, 0.1) is 6.92 Å². The Kier molecular flexibility index (Phi) is 6.15. The molecule has 0 saturated carbocycles. The lowest BCUT2D eigenvalue weighted by atomic mass is 10.1. The molecule has 0 spiro atoms. The van der Waals surface area contributed by atoms with Gasteiger partial charge >= 0.3 is 6.03 Å². The molecule has 0 aromatic heterocycles. The Morgan fingerprint density at radius 3 is 2.78 bits per heavy atom. The third-order valence-corrected chi connectivity index (χ3v) is 3.08. The fraction of sp³-hybridized carbons (Fsp3) is 0.462. The van der Waals surface area contributed by atoms with Gasteiger partial charge in [-0.05, 0) is 43.5 Å². The van der Waals surface area contributed by atoms with E-state index in [1.54, 1.807) is 6.92 Å². The second-order valence-corrected chi connectivity index (χ2v) is 5.23. The summed E-state index contributed by atoms with van der Waals surface area (Å²) >= 11 is 3.40. The second-order valence-electron chi connectivity index (χ2n) is 4.32. The summed E-state index contributed by atoms with van der Waals surface area (Å²) in [7, 11) is 0. The van der Waals surface area contributed by atoms with Crippen LogP contribution in [0.4, 0.5) is 4.79 Å². The molecule has 1 aromatic rings. The average Bonchev–Trinajstić information content (AvgIpc) is 2.27. The lowest BCUT2D eigenvalue weighted by Gasteiger charge is -2.10. The van der Waals surface area contributed by atoms with E-state index < -0.39 is 0 Å². The number of benzene rings is 1. The summed E-state index contributed by atoms with van der Waals surface area (Å²) in [5, 5.41) is 14.5. The molecule has 5 heteroatoms. The van der Waals surface area contributed by atoms with Crippen molar-refractivity contribution in [2.24, 2.45) is 0 Å². The zero-order valence-electron chi connectivity index (χ0n) is 10.7. The van der Waals surface area contributed by atoms with Gasteiger partial charge in [0.2, 0.25) is 0 Å². The van der Waals surface area contributed by atoms with Crippen LogP contribution in [0.2, 0.25) is 0 Å². The Labute approximate surface area is 116 Å². The fourth-order valence-electron chi connectivity index (χ4n) is 1.49. The highest BCUT2D eigenvalue weighted by Crippen LogP contribution is 2.15. The van der Waals surface area contributed by atoms with Gasteiger partial charge in [0.05, 0.1) is 6.10 Å². The molecule has 100 valence electrons. The zero-order valence-corrected chi connectivity index (χ0v) is 12.3. The number of hydrogen-bond acceptors (Lipinski definition) is 2. The molecule has 0 aliphatic rings. The molecule has 0 aliphatic carbocycles. The largest absolute Gasteiger partial charge is 0.393 e. The van der Waals surface area contributed by atoms with Crippen molar-refractivity contribution in [3.63, 3.8) is 0 Å². The number of hydrogen-bond donors (Lipinski definition) is 3. The lowest BCUT2D eigenvalue weighted by Crippen LogP contribution is -2.36. The molecule has 1 atom stereocenters. The molecular formula is C13H19BrN2O2. The number of carbonyl (C=O) groups excluding carboxylic acids is 1. The van der Waals surface area contributed by atoms with Crippen molar-refractivity contribution in [3.05, 3.63) is 33.8 Å². The number of carbonyl (C=O) groups is 1. The first kappa shape index (κ1) is 15.0. The average molecular weight is 315 g/mol. The molecule has 0 aliphatic heterocycles. The molecule has 0 heterocycles. The molecule has 4 nitrogen and oxygen atoms in total. The number of aliphatic hydroxyl groups is 1. The first-order valence-electron chi connectivity index (χ1n) is 5.94. The van der Waals surface area contributed by atoms with Crippen molar-refractivity contribution in [2.75, 3.05) is 6.54 Å². The number of halogens is 1. The SMILES string of the molecule is Cc1cc(Br)ccc1CNC(=O)NCCC(C)O. The highest BCUT2D eigenvalue weighted by Gasteiger charge is 2.03. The van der Waals surface area contributed by atoms with Crippen LogP contribution >= 0.6 is 15.9 Å². The minimum Gasteiger partial charge on any atom is -0.393 e. The van der Waals surface area contributed by atoms with Crippen molar-refractivity contribution in [1.82, 2.24) is 10.6 Å². The number of nitrogens with one attached hydrogen (secondary N) is 2. The highest BCUT2D eigenvalue weighted by atomic mass is 79.9. The summed E-state index contributed by atoms with van der Waals surface area (Å²) < 4.78 is 1.03. The quantitative estimate of drug-likeness (QED) is 0.781. The Bertz CT molecular complexity index is 408. The van der Waals surface area contributed by atoms with E-state index in [-0.39, 0.29) is 12.1 Å². The van der Waals surface area contributed by atoms with Gasteiger partial charge in [0, 0.05) is 17.6 Å². The standard InChI is InChI=1S/C13H19BrN2O2/c1-9-7-12(14)4-3-11(9)8-16-13(18)15-6-5-10(2)17/h3-4,7,10,17H,5-6,8H2,1-2H3,(H2,15,16,18). The monoisotopic (exact) mass is 314 g/mol. The van der Waals surface area contributed by atoms with Gasteiger partial charge in [0.1, 0.15) is 0 Å². The summed E-state index contributed by atoms with van der Waals surface area (Å²) in [5.41, 5.74) is 2.22. The first-order chi connectivity index (χ1) is 8.49. The number of urea groups is 1. The number of aryl methyl sites for hydroxylation is 1. The maximum Gasteiger partial charge on any atom is 0.315 e. The number of rotatable bonds is 5. The maximum absolute atomic E-state index is 11.5. The normalized spacial score (nSPS) is 12.0. The highest BCUT2D eigenvalue weighted by molar-refractivity contribution is 9.10. The Hall–Kier alpha value is -1.07. The van der Waals surface area contributed by atoms with Crippen LogP contribution in [0.5, 0.6) is 0 Å². The van der Waals surface area contributed by atoms with Crippen LogP contribution < -0.4 is 10.6 Å². The minimum absolute atomic E-state index is 0.210. The van der Waals surface area contributed by atoms with Gasteiger partial charge in [-0.1, -0.05) is 22.0 Å². The molecule has 18 heavy (non-hydrogen) atoms. The van der Waals surface area contributed by atoms with Crippen LogP contribution in [-0.4, -0.2) is 23.8 Å². The van der Waals surface area contributed by atoms with Crippen LogP contribution in [0.25, 0.3) is 0 Å². The van der Waals surface area contributed by atoms with Gasteiger partial charge < -0.3 is 15.7 Å². The maximum atomic E-state index is 11.5. The molecule has 0 bridgehead atoms. The van der Waals surface area contributed by atoms with Crippen molar-refractivity contribution in [3.8, 4) is 0 Å². The molecule has 2 amide bonds. The summed E-state index contributed by atoms with van der Waals surface area (Å²) in [6.45, 7) is 4.68. The third kappa shape index (κ3) is 5.51. The zero-order chi connectivity index (χ0) is 13.5. The summed E-state index contributed by atoms with van der Waals surface area (Å²) in [4.78, 5) is 11.5. The molecule has 1 rings (SSSR count). The van der Waals surface area contributed by atoms with Crippen molar-refractivity contribution >= 4 is 22.0 Å². The van der Waals surface area contributed by atoms with Crippen LogP contribution in [0.3, 0.4) is 0 Å². The summed E-state index contributed by atoms with van der Waals surface area (Å²) in [6.07, 6.45) is 0.170. The smallest absolute Gasteiger partial charge is 0.315 e. The predicted octanol–water partition coefficient (Wildman–Crippen LogP) is 2.33. The predicted molar refractivity (Wildman–Crippen MR) is 75.4 cm³/mol. The van der Waals surface area contributed by atoms with Crippen LogP contribution in [0.1, 0.15) is 24.5 Å². The number of amides is 2. The van der Waals surface area contributed by atoms with E-state index in [4.69, 9.17) is 5.11 Å². The number of aliphatic hydroxyl groups excluding tert-OH is 1. The molecule has 1 aromatic carbocycles. The topological polar surface area (TPSA) is 61.4 Å². The van der Waals surface area contributed by atoms with Crippen molar-refractivity contribution < 1.29 is 9.90 Å². The van der Waals surface area contributed by atoms with Crippen molar-refractivity contribution in [2.45, 2.75) is 32.9 Å². The summed E-state index contributed by atoms with van der Waals surface area (Å²) in [5.74, 6) is 0. The third-order valence-electron chi connectivity index (χ3n) is 2.59. The van der Waals surface area contributed by atoms with Gasteiger partial charge in [0.15, 0.2) is 0 Å². The lowest BCUT2D eigenvalue weighted by molar-refractivity contribution is 0.183. The first-order valence-corrected chi connectivity index (χ1v) is 6.73. The summed E-state index contributed by atoms with van der Waals surface area (Å²) in [6, 6.07) is 5.74. The van der Waals surface area contributed by atoms with E-state index in [9.17, 15) is 4.79 Å². The minimum atomic E-state index is -0.390. The van der Waals surface area contributed by atoms with E-state index >= 15 is 0 Å². The molecule has 0 fully saturated rings. The molecule has 3 N–H and O–H groups in total. The Morgan fingerprint density at radius 2 is 2.17 bits per heavy atom. The molecule has 0 saturated heterocycles. The fourth-order valence-corrected chi connectivity index (χ4v) is 1.97. The van der Waals surface area contributed by atoms with Crippen LogP contribution in [0.15, 0.2) is 22.7 Å². The van der Waals surface area contributed by atoms with E-state index in [0.29, 0.717) is 19.5 Å². The van der Waals surface area contributed by atoms with Gasteiger partial charge in [0.25, 0.3) is 0 Å². The van der Waals surface area contributed by atoms with E-state index in [1.807, 2.05) is 25.1 Å². The molecule has 0 radical (unpaired) electrons. The van der Waals surface area contributed by atoms with E-state index in [0.717, 1.165) is 15.6 Å².